The van der Waals surface area contributed by atoms with Crippen LogP contribution in [-0.2, 0) is 0 Å². The third kappa shape index (κ3) is 4.20. The molecule has 1 rings (SSSR count). The van der Waals surface area contributed by atoms with Crippen molar-refractivity contribution in [2.45, 2.75) is 33.0 Å². The van der Waals surface area contributed by atoms with Crippen LogP contribution in [0.4, 0.5) is 0 Å². The van der Waals surface area contributed by atoms with E-state index < -0.39 is 8.07 Å². The zero-order chi connectivity index (χ0) is 12.9. The van der Waals surface area contributed by atoms with Gasteiger partial charge in [0.1, 0.15) is 0 Å². The zero-order valence-electron chi connectivity index (χ0n) is 11.2. The van der Waals surface area contributed by atoms with Crippen LogP contribution in [0.3, 0.4) is 0 Å². The van der Waals surface area contributed by atoms with Gasteiger partial charge in [-0.1, -0.05) is 62.6 Å². The third-order valence-electron chi connectivity index (χ3n) is 2.64. The number of hydrogen-bond acceptors (Lipinski definition) is 1. The number of rotatable bonds is 4. The molecule has 90 valence electrons. The molecule has 0 aliphatic rings. The highest BCUT2D eigenvalue weighted by atomic mass is 28.3. The van der Waals surface area contributed by atoms with Crippen molar-refractivity contribution < 1.29 is 0 Å². The van der Waals surface area contributed by atoms with Crippen molar-refractivity contribution in [3.63, 3.8) is 0 Å². The summed E-state index contributed by atoms with van der Waals surface area (Å²) >= 11 is 0. The Bertz CT molecular complexity index is 420. The lowest BCUT2D eigenvalue weighted by atomic mass is 9.93. The van der Waals surface area contributed by atoms with E-state index in [0.29, 0.717) is 0 Å². The maximum Gasteiger partial charge on any atom is 0.0709 e. The van der Waals surface area contributed by atoms with E-state index >= 15 is 0 Å². The fraction of sp³-hybridized carbons (Fsp3) is 0.400. The maximum absolute atomic E-state index is 9.28. The molecule has 1 nitrogen and oxygen atoms in total. The maximum atomic E-state index is 9.28. The minimum Gasteiger partial charge on any atom is -0.198 e. The molecular weight excluding hydrogens is 222 g/mol. The Hall–Kier alpha value is -1.33. The average molecular weight is 243 g/mol. The molecule has 1 unspecified atom stereocenters. The van der Waals surface area contributed by atoms with Crippen LogP contribution < -0.4 is 0 Å². The van der Waals surface area contributed by atoms with E-state index in [0.717, 1.165) is 6.42 Å². The lowest BCUT2D eigenvalue weighted by Gasteiger charge is -2.18. The molecule has 0 spiro atoms. The molecule has 0 aromatic heterocycles. The fourth-order valence-electron chi connectivity index (χ4n) is 1.86. The van der Waals surface area contributed by atoms with E-state index in [1.807, 2.05) is 18.2 Å². The van der Waals surface area contributed by atoms with Crippen LogP contribution in [0.15, 0.2) is 36.0 Å². The molecule has 0 N–H and O–H groups in total. The first-order valence-corrected chi connectivity index (χ1v) is 9.73. The van der Waals surface area contributed by atoms with E-state index in [-0.39, 0.29) is 5.92 Å². The Morgan fingerprint density at radius 2 is 1.88 bits per heavy atom. The molecule has 17 heavy (non-hydrogen) atoms. The fourth-order valence-corrected chi connectivity index (χ4v) is 3.16. The molecule has 0 aliphatic heterocycles. The highest BCUT2D eigenvalue weighted by molar-refractivity contribution is 6.81. The van der Waals surface area contributed by atoms with Crippen molar-refractivity contribution in [1.82, 2.24) is 0 Å². The summed E-state index contributed by atoms with van der Waals surface area (Å²) in [6.07, 6.45) is 0.877. The summed E-state index contributed by atoms with van der Waals surface area (Å²) in [5.74, 6) is 0.0177. The first-order chi connectivity index (χ1) is 7.98. The Kier molecular flexibility index (Phi) is 4.71. The van der Waals surface area contributed by atoms with Crippen LogP contribution in [0.1, 0.15) is 18.9 Å². The Labute approximate surface area is 106 Å². The minimum atomic E-state index is -1.31. The highest BCUT2D eigenvalue weighted by Crippen LogP contribution is 2.27. The summed E-state index contributed by atoms with van der Waals surface area (Å²) in [6, 6.07) is 12.7. The first-order valence-electron chi connectivity index (χ1n) is 6.15. The summed E-state index contributed by atoms with van der Waals surface area (Å²) in [5.41, 5.74) is 4.78. The van der Waals surface area contributed by atoms with Crippen molar-refractivity contribution in [1.29, 1.82) is 5.26 Å². The number of nitriles is 1. The molecule has 0 amide bonds. The minimum absolute atomic E-state index is 0.0177. The van der Waals surface area contributed by atoms with E-state index in [9.17, 15) is 5.26 Å². The van der Waals surface area contributed by atoms with Crippen LogP contribution in [0.2, 0.25) is 19.6 Å². The molecule has 1 aromatic rings. The van der Waals surface area contributed by atoms with Gasteiger partial charge in [0.2, 0.25) is 0 Å². The Balaban J connectivity index is 3.22. The van der Waals surface area contributed by atoms with E-state index in [4.69, 9.17) is 0 Å². The quantitative estimate of drug-likeness (QED) is 0.714. The van der Waals surface area contributed by atoms with Crippen molar-refractivity contribution in [3.8, 4) is 6.07 Å². The van der Waals surface area contributed by atoms with Gasteiger partial charge < -0.3 is 0 Å². The standard InChI is InChI=1S/C15H21NSi/c1-5-13(11-16)15(12-17(2,3)4)14-9-7-6-8-10-14/h6-10,12-13H,5H2,1-4H3/b15-12-. The predicted molar refractivity (Wildman–Crippen MR) is 77.2 cm³/mol. The van der Waals surface area contributed by atoms with Gasteiger partial charge in [-0.25, -0.2) is 0 Å². The molecule has 1 aromatic carbocycles. The van der Waals surface area contributed by atoms with E-state index in [2.05, 4.69) is 50.5 Å². The van der Waals surface area contributed by atoms with Crippen molar-refractivity contribution in [2.24, 2.45) is 5.92 Å². The largest absolute Gasteiger partial charge is 0.198 e. The van der Waals surface area contributed by atoms with Crippen LogP contribution in [0, 0.1) is 17.2 Å². The van der Waals surface area contributed by atoms with Gasteiger partial charge in [-0.15, -0.1) is 0 Å². The topological polar surface area (TPSA) is 23.8 Å². The first kappa shape index (κ1) is 13.7. The van der Waals surface area contributed by atoms with Gasteiger partial charge >= 0.3 is 0 Å². The van der Waals surface area contributed by atoms with Gasteiger partial charge in [0.05, 0.1) is 20.1 Å². The monoisotopic (exact) mass is 243 g/mol. The van der Waals surface area contributed by atoms with Gasteiger partial charge in [-0.2, -0.15) is 5.26 Å². The zero-order valence-corrected chi connectivity index (χ0v) is 12.2. The summed E-state index contributed by atoms with van der Waals surface area (Å²) in [4.78, 5) is 0. The number of hydrogen-bond donors (Lipinski definition) is 0. The van der Waals surface area contributed by atoms with Crippen molar-refractivity contribution in [3.05, 3.63) is 41.6 Å². The van der Waals surface area contributed by atoms with Crippen molar-refractivity contribution >= 4 is 13.6 Å². The van der Waals surface area contributed by atoms with Crippen LogP contribution in [0.5, 0.6) is 0 Å². The summed E-state index contributed by atoms with van der Waals surface area (Å²) in [6.45, 7) is 9.00. The third-order valence-corrected chi connectivity index (χ3v) is 3.81. The normalized spacial score (nSPS) is 14.2. The SMILES string of the molecule is CCC(C#N)/C(=C/[Si](C)(C)C)c1ccccc1. The molecule has 0 radical (unpaired) electrons. The van der Waals surface area contributed by atoms with E-state index in [1.165, 1.54) is 11.1 Å². The van der Waals surface area contributed by atoms with Crippen LogP contribution in [-0.4, -0.2) is 8.07 Å². The lowest BCUT2D eigenvalue weighted by Crippen LogP contribution is -2.18. The Morgan fingerprint density at radius 3 is 2.29 bits per heavy atom. The van der Waals surface area contributed by atoms with Crippen molar-refractivity contribution in [2.75, 3.05) is 0 Å². The molecule has 0 heterocycles. The Morgan fingerprint density at radius 1 is 1.29 bits per heavy atom. The number of nitrogens with zero attached hydrogens (tertiary/aromatic N) is 1. The molecule has 0 aliphatic carbocycles. The highest BCUT2D eigenvalue weighted by Gasteiger charge is 2.18. The van der Waals surface area contributed by atoms with Gasteiger partial charge in [0.15, 0.2) is 0 Å². The number of allylic oxidation sites excluding steroid dienone is 1. The second kappa shape index (κ2) is 5.84. The lowest BCUT2D eigenvalue weighted by molar-refractivity contribution is 0.807. The molecule has 0 saturated heterocycles. The number of benzene rings is 1. The van der Waals surface area contributed by atoms with Gasteiger partial charge in [0, 0.05) is 0 Å². The second-order valence-corrected chi connectivity index (χ2v) is 10.4. The molecule has 0 saturated carbocycles. The summed E-state index contributed by atoms with van der Waals surface area (Å²) in [5, 5.41) is 9.28. The molecular formula is C15H21NSi. The summed E-state index contributed by atoms with van der Waals surface area (Å²) < 4.78 is 0. The molecule has 0 fully saturated rings. The second-order valence-electron chi connectivity index (χ2n) is 5.42. The summed E-state index contributed by atoms with van der Waals surface area (Å²) in [7, 11) is -1.31. The molecule has 0 bridgehead atoms. The van der Waals surface area contributed by atoms with Gasteiger partial charge in [-0.05, 0) is 17.6 Å². The van der Waals surface area contributed by atoms with Crippen LogP contribution in [0.25, 0.3) is 5.57 Å². The van der Waals surface area contributed by atoms with Crippen LogP contribution >= 0.6 is 0 Å². The molecule has 2 heteroatoms. The smallest absolute Gasteiger partial charge is 0.0709 e. The average Bonchev–Trinajstić information content (AvgIpc) is 2.29. The van der Waals surface area contributed by atoms with E-state index in [1.54, 1.807) is 0 Å². The molecule has 1 atom stereocenters. The van der Waals surface area contributed by atoms with Gasteiger partial charge in [-0.3, -0.25) is 0 Å². The van der Waals surface area contributed by atoms with Gasteiger partial charge in [0.25, 0.3) is 0 Å². The predicted octanol–water partition coefficient (Wildman–Crippen LogP) is 4.50.